The fourth-order valence-electron chi connectivity index (χ4n) is 1.81. The number of aliphatic hydroxyl groups is 1. The number of halogens is 1. The highest BCUT2D eigenvalue weighted by Gasteiger charge is 2.21. The summed E-state index contributed by atoms with van der Waals surface area (Å²) in [5.41, 5.74) is 0. The molecule has 0 amide bonds. The summed E-state index contributed by atoms with van der Waals surface area (Å²) in [7, 11) is 0. The number of rotatable bonds is 3. The van der Waals surface area contributed by atoms with E-state index in [4.69, 9.17) is 21.4 Å². The van der Waals surface area contributed by atoms with E-state index in [0.717, 1.165) is 24.6 Å². The van der Waals surface area contributed by atoms with Crippen LogP contribution in [0, 0.1) is 0 Å². The van der Waals surface area contributed by atoms with Crippen molar-refractivity contribution in [3.63, 3.8) is 0 Å². The zero-order valence-corrected chi connectivity index (χ0v) is 10.5. The number of aryl methyl sites for hydroxylation is 1. The predicted octanol–water partition coefficient (Wildman–Crippen LogP) is 0.890. The lowest BCUT2D eigenvalue weighted by Gasteiger charge is -2.33. The molecule has 1 atom stereocenters. The molecule has 2 rings (SSSR count). The molecule has 94 valence electrons. The van der Waals surface area contributed by atoms with E-state index in [0.29, 0.717) is 18.3 Å². The van der Waals surface area contributed by atoms with Gasteiger partial charge in [-0.05, 0) is 0 Å². The summed E-state index contributed by atoms with van der Waals surface area (Å²) in [5.74, 6) is 1.54. The summed E-state index contributed by atoms with van der Waals surface area (Å²) in [6, 6.07) is 1.75. The van der Waals surface area contributed by atoms with Gasteiger partial charge in [0.1, 0.15) is 16.8 Å². The van der Waals surface area contributed by atoms with E-state index in [2.05, 4.69) is 14.9 Å². The smallest absolute Gasteiger partial charge is 0.134 e. The van der Waals surface area contributed by atoms with Crippen LogP contribution >= 0.6 is 11.6 Å². The minimum absolute atomic E-state index is 0.0238. The lowest BCUT2D eigenvalue weighted by Crippen LogP contribution is -2.44. The van der Waals surface area contributed by atoms with Crippen molar-refractivity contribution in [2.45, 2.75) is 19.4 Å². The topological polar surface area (TPSA) is 58.5 Å². The number of morpholine rings is 1. The van der Waals surface area contributed by atoms with Gasteiger partial charge in [0.15, 0.2) is 0 Å². The van der Waals surface area contributed by atoms with Crippen LogP contribution in [-0.4, -0.2) is 47.5 Å². The fraction of sp³-hybridized carbons (Fsp3) is 0.636. The predicted molar refractivity (Wildman–Crippen MR) is 65.5 cm³/mol. The van der Waals surface area contributed by atoms with Crippen LogP contribution in [0.4, 0.5) is 5.82 Å². The van der Waals surface area contributed by atoms with E-state index in [1.165, 1.54) is 0 Å². The van der Waals surface area contributed by atoms with Crippen molar-refractivity contribution >= 4 is 17.4 Å². The Kier molecular flexibility index (Phi) is 4.15. The molecule has 0 bridgehead atoms. The lowest BCUT2D eigenvalue weighted by molar-refractivity contribution is 0.00335. The summed E-state index contributed by atoms with van der Waals surface area (Å²) in [5, 5.41) is 9.56. The third kappa shape index (κ3) is 3.06. The van der Waals surface area contributed by atoms with Crippen molar-refractivity contribution in [2.75, 3.05) is 31.2 Å². The third-order valence-corrected chi connectivity index (χ3v) is 2.90. The first-order chi connectivity index (χ1) is 8.22. The molecule has 0 radical (unpaired) electrons. The van der Waals surface area contributed by atoms with Gasteiger partial charge in [-0.1, -0.05) is 18.5 Å². The summed E-state index contributed by atoms with van der Waals surface area (Å²) in [6.07, 6.45) is 0.601. The number of hydrogen-bond acceptors (Lipinski definition) is 5. The van der Waals surface area contributed by atoms with Gasteiger partial charge in [0.25, 0.3) is 0 Å². The van der Waals surface area contributed by atoms with Crippen LogP contribution in [0.2, 0.25) is 5.15 Å². The molecule has 1 saturated heterocycles. The van der Waals surface area contributed by atoms with E-state index < -0.39 is 0 Å². The molecule has 17 heavy (non-hydrogen) atoms. The largest absolute Gasteiger partial charge is 0.394 e. The minimum Gasteiger partial charge on any atom is -0.394 e. The molecule has 1 aromatic heterocycles. The van der Waals surface area contributed by atoms with Crippen LogP contribution in [-0.2, 0) is 11.2 Å². The summed E-state index contributed by atoms with van der Waals surface area (Å²) >= 11 is 5.96. The first kappa shape index (κ1) is 12.5. The van der Waals surface area contributed by atoms with Crippen molar-refractivity contribution in [2.24, 2.45) is 0 Å². The normalized spacial score (nSPS) is 20.6. The van der Waals surface area contributed by atoms with Crippen LogP contribution < -0.4 is 4.90 Å². The Morgan fingerprint density at radius 2 is 2.41 bits per heavy atom. The zero-order valence-electron chi connectivity index (χ0n) is 9.77. The maximum Gasteiger partial charge on any atom is 0.134 e. The first-order valence-electron chi connectivity index (χ1n) is 5.73. The first-order valence-corrected chi connectivity index (χ1v) is 6.11. The quantitative estimate of drug-likeness (QED) is 0.815. The lowest BCUT2D eigenvalue weighted by atomic mass is 10.3. The van der Waals surface area contributed by atoms with Gasteiger partial charge in [-0.3, -0.25) is 0 Å². The monoisotopic (exact) mass is 257 g/mol. The van der Waals surface area contributed by atoms with Gasteiger partial charge >= 0.3 is 0 Å². The Morgan fingerprint density at radius 3 is 3.12 bits per heavy atom. The van der Waals surface area contributed by atoms with Crippen LogP contribution in [0.3, 0.4) is 0 Å². The SMILES string of the molecule is CCc1nc(Cl)cc(N2CCO[C@H](CO)C2)n1. The molecule has 6 heteroatoms. The van der Waals surface area contributed by atoms with Crippen LogP contribution in [0.5, 0.6) is 0 Å². The van der Waals surface area contributed by atoms with Crippen molar-refractivity contribution in [1.82, 2.24) is 9.97 Å². The second kappa shape index (κ2) is 5.62. The molecule has 5 nitrogen and oxygen atoms in total. The molecule has 1 aliphatic heterocycles. The number of aromatic nitrogens is 2. The molecule has 1 aliphatic rings. The Bertz CT molecular complexity index is 389. The summed E-state index contributed by atoms with van der Waals surface area (Å²) in [4.78, 5) is 10.6. The summed E-state index contributed by atoms with van der Waals surface area (Å²) < 4.78 is 5.40. The fourth-order valence-corrected chi connectivity index (χ4v) is 2.00. The van der Waals surface area contributed by atoms with Crippen molar-refractivity contribution in [3.05, 3.63) is 17.0 Å². The van der Waals surface area contributed by atoms with Crippen molar-refractivity contribution in [3.8, 4) is 0 Å². The maximum atomic E-state index is 9.10. The highest BCUT2D eigenvalue weighted by molar-refractivity contribution is 6.29. The zero-order chi connectivity index (χ0) is 12.3. The Hall–Kier alpha value is -0.910. The van der Waals surface area contributed by atoms with Gasteiger partial charge in [0, 0.05) is 25.6 Å². The highest BCUT2D eigenvalue weighted by atomic mass is 35.5. The number of nitrogens with zero attached hydrogens (tertiary/aromatic N) is 3. The van der Waals surface area contributed by atoms with Gasteiger partial charge in [0.2, 0.25) is 0 Å². The second-order valence-electron chi connectivity index (χ2n) is 3.94. The maximum absolute atomic E-state index is 9.10. The molecule has 1 fully saturated rings. The molecule has 0 saturated carbocycles. The molecular formula is C11H16ClN3O2. The molecule has 0 unspecified atom stereocenters. The van der Waals surface area contributed by atoms with Crippen LogP contribution in [0.1, 0.15) is 12.7 Å². The molecule has 1 aromatic rings. The van der Waals surface area contributed by atoms with E-state index in [-0.39, 0.29) is 12.7 Å². The Balaban J connectivity index is 2.18. The van der Waals surface area contributed by atoms with E-state index >= 15 is 0 Å². The van der Waals surface area contributed by atoms with Crippen molar-refractivity contribution < 1.29 is 9.84 Å². The van der Waals surface area contributed by atoms with E-state index in [9.17, 15) is 0 Å². The molecule has 0 aliphatic carbocycles. The van der Waals surface area contributed by atoms with Gasteiger partial charge in [-0.25, -0.2) is 9.97 Å². The van der Waals surface area contributed by atoms with Gasteiger partial charge in [0.05, 0.1) is 19.3 Å². The van der Waals surface area contributed by atoms with Gasteiger partial charge in [-0.2, -0.15) is 0 Å². The number of hydrogen-bond donors (Lipinski definition) is 1. The standard InChI is InChI=1S/C11H16ClN3O2/c1-2-10-13-9(12)5-11(14-10)15-3-4-17-8(6-15)7-16/h5,8,16H,2-4,6-7H2,1H3/t8-/m0/s1. The van der Waals surface area contributed by atoms with Crippen LogP contribution in [0.25, 0.3) is 0 Å². The number of aliphatic hydroxyl groups excluding tert-OH is 1. The van der Waals surface area contributed by atoms with Crippen LogP contribution in [0.15, 0.2) is 6.07 Å². The van der Waals surface area contributed by atoms with E-state index in [1.54, 1.807) is 6.07 Å². The molecule has 2 heterocycles. The van der Waals surface area contributed by atoms with Gasteiger partial charge < -0.3 is 14.7 Å². The highest BCUT2D eigenvalue weighted by Crippen LogP contribution is 2.19. The average Bonchev–Trinajstić information content (AvgIpc) is 2.38. The third-order valence-electron chi connectivity index (χ3n) is 2.71. The summed E-state index contributed by atoms with van der Waals surface area (Å²) in [6.45, 7) is 4.00. The molecule has 0 spiro atoms. The number of ether oxygens (including phenoxy) is 1. The second-order valence-corrected chi connectivity index (χ2v) is 4.33. The minimum atomic E-state index is -0.150. The Labute approximate surface area is 105 Å². The van der Waals surface area contributed by atoms with E-state index in [1.807, 2.05) is 6.92 Å². The molecular weight excluding hydrogens is 242 g/mol. The number of anilines is 1. The molecule has 1 N–H and O–H groups in total. The van der Waals surface area contributed by atoms with Gasteiger partial charge in [-0.15, -0.1) is 0 Å². The average molecular weight is 258 g/mol. The Morgan fingerprint density at radius 1 is 1.59 bits per heavy atom. The van der Waals surface area contributed by atoms with Crippen molar-refractivity contribution in [1.29, 1.82) is 0 Å². The molecule has 0 aromatic carbocycles.